The first-order valence-corrected chi connectivity index (χ1v) is 6.44. The first-order chi connectivity index (χ1) is 8.33. The molecule has 0 aromatic heterocycles. The topological polar surface area (TPSA) is 61.3 Å². The van der Waals surface area contributed by atoms with E-state index in [4.69, 9.17) is 16.2 Å². The van der Waals surface area contributed by atoms with E-state index in [1.807, 2.05) is 6.92 Å². The normalized spacial score (nSPS) is 13.5. The van der Waals surface area contributed by atoms with Crippen molar-refractivity contribution in [1.82, 2.24) is 0 Å². The van der Waals surface area contributed by atoms with Crippen molar-refractivity contribution in [1.29, 1.82) is 0 Å². The second-order valence-electron chi connectivity index (χ2n) is 5.68. The van der Waals surface area contributed by atoms with E-state index >= 15 is 0 Å². The van der Waals surface area contributed by atoms with Crippen LogP contribution in [0.15, 0.2) is 12.1 Å². The van der Waals surface area contributed by atoms with Crippen LogP contribution in [0.2, 0.25) is 0 Å². The molecule has 1 atom stereocenters. The molecule has 1 aromatic rings. The summed E-state index contributed by atoms with van der Waals surface area (Å²) in [5.74, 6) is 0.917. The summed E-state index contributed by atoms with van der Waals surface area (Å²) >= 11 is 0. The zero-order chi connectivity index (χ0) is 13.9. The summed E-state index contributed by atoms with van der Waals surface area (Å²) in [5.41, 5.74) is 15.6. The summed E-state index contributed by atoms with van der Waals surface area (Å²) in [6.07, 6.45) is 0.915. The van der Waals surface area contributed by atoms with Gasteiger partial charge in [0.05, 0.1) is 7.11 Å². The Morgan fingerprint density at radius 3 is 2.33 bits per heavy atom. The van der Waals surface area contributed by atoms with Crippen molar-refractivity contribution in [3.05, 3.63) is 28.8 Å². The summed E-state index contributed by atoms with van der Waals surface area (Å²) in [5, 5.41) is 0. The maximum Gasteiger partial charge on any atom is 0.122 e. The molecule has 3 heteroatoms. The van der Waals surface area contributed by atoms with Crippen LogP contribution in [-0.2, 0) is 0 Å². The summed E-state index contributed by atoms with van der Waals surface area (Å²) < 4.78 is 5.33. The Morgan fingerprint density at radius 2 is 1.83 bits per heavy atom. The molecule has 1 aromatic carbocycles. The highest BCUT2D eigenvalue weighted by Crippen LogP contribution is 2.37. The molecule has 0 amide bonds. The predicted octanol–water partition coefficient (Wildman–Crippen LogP) is 2.69. The fourth-order valence-electron chi connectivity index (χ4n) is 2.32. The molecule has 0 aliphatic rings. The van der Waals surface area contributed by atoms with E-state index < -0.39 is 0 Å². The maximum absolute atomic E-state index is 6.42. The van der Waals surface area contributed by atoms with Gasteiger partial charge in [-0.15, -0.1) is 0 Å². The van der Waals surface area contributed by atoms with E-state index in [0.717, 1.165) is 17.7 Å². The molecule has 0 saturated carbocycles. The molecule has 1 rings (SSSR count). The van der Waals surface area contributed by atoms with Gasteiger partial charge in [0, 0.05) is 6.04 Å². The quantitative estimate of drug-likeness (QED) is 0.844. The summed E-state index contributed by atoms with van der Waals surface area (Å²) in [6.45, 7) is 9.13. The Hall–Kier alpha value is -1.06. The minimum absolute atomic E-state index is 0.000534. The number of hydrogen-bond acceptors (Lipinski definition) is 3. The van der Waals surface area contributed by atoms with Crippen molar-refractivity contribution in [2.75, 3.05) is 13.7 Å². The van der Waals surface area contributed by atoms with Crippen LogP contribution < -0.4 is 16.2 Å². The van der Waals surface area contributed by atoms with Gasteiger partial charge in [-0.3, -0.25) is 0 Å². The zero-order valence-electron chi connectivity index (χ0n) is 12.2. The van der Waals surface area contributed by atoms with Crippen molar-refractivity contribution < 1.29 is 4.74 Å². The third kappa shape index (κ3) is 3.03. The Kier molecular flexibility index (Phi) is 4.77. The van der Waals surface area contributed by atoms with Crippen molar-refractivity contribution in [3.63, 3.8) is 0 Å². The van der Waals surface area contributed by atoms with Gasteiger partial charge in [-0.2, -0.15) is 0 Å². The SMILES string of the molecule is COc1cc(C)c(C(N)C(C)(C)CCN)cc1C. The average molecular weight is 250 g/mol. The second-order valence-corrected chi connectivity index (χ2v) is 5.68. The van der Waals surface area contributed by atoms with Crippen LogP contribution in [-0.4, -0.2) is 13.7 Å². The molecule has 0 bridgehead atoms. The van der Waals surface area contributed by atoms with Gasteiger partial charge in [-0.05, 0) is 55.0 Å². The largest absolute Gasteiger partial charge is 0.496 e. The van der Waals surface area contributed by atoms with Crippen LogP contribution in [0.1, 0.15) is 43.0 Å². The van der Waals surface area contributed by atoms with Gasteiger partial charge in [-0.1, -0.05) is 19.9 Å². The molecule has 0 radical (unpaired) electrons. The zero-order valence-corrected chi connectivity index (χ0v) is 12.2. The average Bonchev–Trinajstić information content (AvgIpc) is 2.30. The second kappa shape index (κ2) is 5.72. The molecule has 0 aliphatic heterocycles. The van der Waals surface area contributed by atoms with Gasteiger partial charge in [0.2, 0.25) is 0 Å². The first kappa shape index (κ1) is 15.0. The molecule has 3 nitrogen and oxygen atoms in total. The lowest BCUT2D eigenvalue weighted by Crippen LogP contribution is -2.32. The molecule has 4 N–H and O–H groups in total. The smallest absolute Gasteiger partial charge is 0.122 e. The van der Waals surface area contributed by atoms with Crippen LogP contribution in [0.3, 0.4) is 0 Å². The van der Waals surface area contributed by atoms with Crippen molar-refractivity contribution in [2.45, 2.75) is 40.2 Å². The third-order valence-corrected chi connectivity index (χ3v) is 3.75. The van der Waals surface area contributed by atoms with E-state index in [1.54, 1.807) is 7.11 Å². The number of aryl methyl sites for hydroxylation is 2. The van der Waals surface area contributed by atoms with Crippen LogP contribution >= 0.6 is 0 Å². The number of nitrogens with two attached hydrogens (primary N) is 2. The van der Waals surface area contributed by atoms with Gasteiger partial charge in [0.1, 0.15) is 5.75 Å². The van der Waals surface area contributed by atoms with Gasteiger partial charge >= 0.3 is 0 Å². The molecule has 0 aliphatic carbocycles. The molecule has 0 heterocycles. The van der Waals surface area contributed by atoms with Crippen molar-refractivity contribution in [2.24, 2.45) is 16.9 Å². The van der Waals surface area contributed by atoms with Crippen LogP contribution in [0.25, 0.3) is 0 Å². The Balaban J connectivity index is 3.13. The molecule has 18 heavy (non-hydrogen) atoms. The highest BCUT2D eigenvalue weighted by Gasteiger charge is 2.28. The lowest BCUT2D eigenvalue weighted by Gasteiger charge is -2.33. The van der Waals surface area contributed by atoms with Crippen molar-refractivity contribution in [3.8, 4) is 5.75 Å². The van der Waals surface area contributed by atoms with E-state index in [1.165, 1.54) is 11.1 Å². The molecule has 0 fully saturated rings. The van der Waals surface area contributed by atoms with E-state index in [0.29, 0.717) is 6.54 Å². The van der Waals surface area contributed by atoms with Crippen LogP contribution in [0, 0.1) is 19.3 Å². The fourth-order valence-corrected chi connectivity index (χ4v) is 2.32. The molecule has 0 spiro atoms. The Bertz CT molecular complexity index is 413. The fraction of sp³-hybridized carbons (Fsp3) is 0.600. The van der Waals surface area contributed by atoms with E-state index in [-0.39, 0.29) is 11.5 Å². The molecule has 1 unspecified atom stereocenters. The first-order valence-electron chi connectivity index (χ1n) is 6.44. The summed E-state index contributed by atoms with van der Waals surface area (Å²) in [4.78, 5) is 0. The van der Waals surface area contributed by atoms with Crippen LogP contribution in [0.4, 0.5) is 0 Å². The maximum atomic E-state index is 6.42. The van der Waals surface area contributed by atoms with Gasteiger partial charge in [-0.25, -0.2) is 0 Å². The number of rotatable bonds is 5. The van der Waals surface area contributed by atoms with Gasteiger partial charge in [0.25, 0.3) is 0 Å². The standard InChI is InChI=1S/C15H26N2O/c1-10-9-13(18-5)11(2)8-12(10)14(17)15(3,4)6-7-16/h8-9,14H,6-7,16-17H2,1-5H3. The Morgan fingerprint density at radius 1 is 1.22 bits per heavy atom. The minimum Gasteiger partial charge on any atom is -0.496 e. The van der Waals surface area contributed by atoms with E-state index in [2.05, 4.69) is 32.9 Å². The molecule has 0 saturated heterocycles. The number of methoxy groups -OCH3 is 1. The Labute approximate surface area is 111 Å². The highest BCUT2D eigenvalue weighted by molar-refractivity contribution is 5.43. The number of hydrogen-bond donors (Lipinski definition) is 2. The number of benzene rings is 1. The predicted molar refractivity (Wildman–Crippen MR) is 76.8 cm³/mol. The highest BCUT2D eigenvalue weighted by atomic mass is 16.5. The molecular formula is C15H26N2O. The lowest BCUT2D eigenvalue weighted by atomic mass is 9.77. The number of ether oxygens (including phenoxy) is 1. The third-order valence-electron chi connectivity index (χ3n) is 3.75. The van der Waals surface area contributed by atoms with Crippen molar-refractivity contribution >= 4 is 0 Å². The molecule has 102 valence electrons. The lowest BCUT2D eigenvalue weighted by molar-refractivity contribution is 0.270. The minimum atomic E-state index is -0.00865. The van der Waals surface area contributed by atoms with Gasteiger partial charge in [0.15, 0.2) is 0 Å². The van der Waals surface area contributed by atoms with Crippen LogP contribution in [0.5, 0.6) is 5.75 Å². The molecular weight excluding hydrogens is 224 g/mol. The summed E-state index contributed by atoms with van der Waals surface area (Å²) in [7, 11) is 1.69. The van der Waals surface area contributed by atoms with E-state index in [9.17, 15) is 0 Å². The summed E-state index contributed by atoms with van der Waals surface area (Å²) in [6, 6.07) is 4.19. The monoisotopic (exact) mass is 250 g/mol. The van der Waals surface area contributed by atoms with Gasteiger partial charge < -0.3 is 16.2 Å².